The minimum Gasteiger partial charge on any atom is -0.481 e. The first kappa shape index (κ1) is 20.5. The molecule has 0 atom stereocenters. The summed E-state index contributed by atoms with van der Waals surface area (Å²) < 4.78 is 26.1. The van der Waals surface area contributed by atoms with Gasteiger partial charge in [0.05, 0.1) is 26.2 Å². The second kappa shape index (κ2) is 8.24. The third-order valence-electron chi connectivity index (χ3n) is 3.80. The maximum Gasteiger partial charge on any atom is 0.305 e. The van der Waals surface area contributed by atoms with Crippen LogP contribution >= 0.6 is 0 Å². The molecule has 1 N–H and O–H groups in total. The second-order valence-electron chi connectivity index (χ2n) is 7.42. The summed E-state index contributed by atoms with van der Waals surface area (Å²) in [6.45, 7) is 13.1. The van der Waals surface area contributed by atoms with E-state index in [4.69, 9.17) is 14.6 Å². The van der Waals surface area contributed by atoms with Crippen LogP contribution in [-0.2, 0) is 14.3 Å². The summed E-state index contributed by atoms with van der Waals surface area (Å²) in [5, 5.41) is 7.79. The van der Waals surface area contributed by atoms with Gasteiger partial charge in [-0.2, -0.15) is 0 Å². The van der Waals surface area contributed by atoms with Crippen molar-refractivity contribution in [3.63, 3.8) is 0 Å². The van der Waals surface area contributed by atoms with Gasteiger partial charge in [-0.25, -0.2) is 0 Å². The molecule has 6 heteroatoms. The van der Waals surface area contributed by atoms with Crippen molar-refractivity contribution in [1.29, 1.82) is 0 Å². The average molecular weight is 322 g/mol. The molecule has 0 saturated heterocycles. The molecule has 4 nitrogen and oxygen atoms in total. The Bertz CT molecular complexity index is 307. The Morgan fingerprint density at radius 1 is 0.952 bits per heavy atom. The van der Waals surface area contributed by atoms with Crippen molar-refractivity contribution in [3.8, 4) is 0 Å². The highest BCUT2D eigenvalue weighted by Crippen LogP contribution is 2.53. The zero-order valence-corrected chi connectivity index (χ0v) is 15.3. The number of hydrogen-bond donors (Lipinski definition) is 1. The molecule has 0 rings (SSSR count). The molecule has 0 bridgehead atoms. The first-order valence-electron chi connectivity index (χ1n) is 7.48. The number of rotatable bonds is 9. The van der Waals surface area contributed by atoms with Crippen LogP contribution in [0.5, 0.6) is 0 Å². The Kier molecular flexibility index (Phi) is 8.06. The lowest BCUT2D eigenvalue weighted by Crippen LogP contribution is -2.48. The third-order valence-corrected chi connectivity index (χ3v) is 9.45. The van der Waals surface area contributed by atoms with Crippen molar-refractivity contribution in [1.82, 2.24) is 0 Å². The minimum atomic E-state index is -2.99. The van der Waals surface area contributed by atoms with E-state index in [1.807, 2.05) is 41.5 Å². The summed E-state index contributed by atoms with van der Waals surface area (Å²) in [5.41, 5.74) is 0. The van der Waals surface area contributed by atoms with Crippen molar-refractivity contribution in [2.75, 3.05) is 26.4 Å². The van der Waals surface area contributed by atoms with Crippen LogP contribution < -0.4 is 0 Å². The van der Waals surface area contributed by atoms with Gasteiger partial charge in [0.15, 0.2) is 0 Å². The van der Waals surface area contributed by atoms with Crippen molar-refractivity contribution in [3.05, 3.63) is 0 Å². The van der Waals surface area contributed by atoms with Gasteiger partial charge in [-0.3, -0.25) is 4.79 Å². The summed E-state index contributed by atoms with van der Waals surface area (Å²) in [7, 11) is -2.99. The van der Waals surface area contributed by atoms with Crippen LogP contribution in [0.2, 0.25) is 16.1 Å². The molecular formula is C15H31FO4Si. The zero-order chi connectivity index (χ0) is 16.7. The van der Waals surface area contributed by atoms with Crippen molar-refractivity contribution < 1.29 is 23.5 Å². The van der Waals surface area contributed by atoms with E-state index in [-0.39, 0.29) is 23.1 Å². The quantitative estimate of drug-likeness (QED) is 0.396. The molecule has 0 aromatic carbocycles. The van der Waals surface area contributed by atoms with Gasteiger partial charge in [0.1, 0.15) is 0 Å². The Labute approximate surface area is 129 Å². The van der Waals surface area contributed by atoms with Gasteiger partial charge in [0.25, 0.3) is 8.41 Å². The Hall–Kier alpha value is -0.463. The van der Waals surface area contributed by atoms with Crippen LogP contribution in [0.4, 0.5) is 4.11 Å². The van der Waals surface area contributed by atoms with E-state index in [1.165, 1.54) is 0 Å². The Balaban J connectivity index is 4.05. The number of carbonyl (C=O) groups is 1. The van der Waals surface area contributed by atoms with Gasteiger partial charge in [0.2, 0.25) is 0 Å². The molecule has 0 radical (unpaired) electrons. The highest BCUT2D eigenvalue weighted by atomic mass is 28.4. The number of ether oxygens (including phenoxy) is 2. The summed E-state index contributed by atoms with van der Waals surface area (Å²) >= 11 is 0. The van der Waals surface area contributed by atoms with E-state index in [0.717, 1.165) is 0 Å². The minimum absolute atomic E-state index is 0.00540. The van der Waals surface area contributed by atoms with E-state index < -0.39 is 14.4 Å². The molecule has 0 saturated carbocycles. The molecule has 126 valence electrons. The molecule has 0 aromatic heterocycles. The molecule has 0 aliphatic rings. The topological polar surface area (TPSA) is 55.8 Å². The maximum absolute atomic E-state index is 15.5. The highest BCUT2D eigenvalue weighted by molar-refractivity contribution is 6.78. The van der Waals surface area contributed by atoms with Gasteiger partial charge in [-0.1, -0.05) is 41.5 Å². The van der Waals surface area contributed by atoms with E-state index in [1.54, 1.807) is 0 Å². The maximum atomic E-state index is 15.5. The molecule has 0 aliphatic heterocycles. The highest BCUT2D eigenvalue weighted by Gasteiger charge is 2.54. The summed E-state index contributed by atoms with van der Waals surface area (Å²) in [5.74, 6) is -0.875. The molecule has 0 unspecified atom stereocenters. The molecule has 0 amide bonds. The normalized spacial score (nSPS) is 13.5. The fraction of sp³-hybridized carbons (Fsp3) is 0.933. The third kappa shape index (κ3) is 6.89. The number of hydrogen-bond acceptors (Lipinski definition) is 3. The van der Waals surface area contributed by atoms with Crippen LogP contribution in [0.3, 0.4) is 0 Å². The SMILES string of the molecule is CC(C)(C)[Si](F)(CCOCCOCCC(=O)O)C(C)(C)C. The number of aliphatic carboxylic acids is 1. The van der Waals surface area contributed by atoms with E-state index in [2.05, 4.69) is 0 Å². The van der Waals surface area contributed by atoms with Crippen LogP contribution in [-0.4, -0.2) is 45.9 Å². The standard InChI is InChI=1S/C15H31FO4Si/c1-14(2,3)21(16,15(4,5)6)12-11-20-10-9-19-8-7-13(17)18/h7-12H2,1-6H3,(H,17,18). The van der Waals surface area contributed by atoms with E-state index in [0.29, 0.717) is 25.9 Å². The number of carboxylic acids is 1. The first-order chi connectivity index (χ1) is 9.42. The summed E-state index contributed by atoms with van der Waals surface area (Å²) in [4.78, 5) is 10.3. The molecule has 0 aromatic rings. The Morgan fingerprint density at radius 2 is 1.38 bits per heavy atom. The molecule has 0 aliphatic carbocycles. The second-order valence-corrected chi connectivity index (χ2v) is 12.5. The smallest absolute Gasteiger partial charge is 0.305 e. The van der Waals surface area contributed by atoms with Gasteiger partial charge in [-0.15, -0.1) is 0 Å². The van der Waals surface area contributed by atoms with Gasteiger partial charge in [-0.05, 0) is 16.1 Å². The molecule has 21 heavy (non-hydrogen) atoms. The van der Waals surface area contributed by atoms with Crippen LogP contribution in [0.15, 0.2) is 0 Å². The van der Waals surface area contributed by atoms with Gasteiger partial charge >= 0.3 is 5.97 Å². The van der Waals surface area contributed by atoms with E-state index in [9.17, 15) is 4.79 Å². The first-order valence-corrected chi connectivity index (χ1v) is 9.56. The lowest BCUT2D eigenvalue weighted by Gasteiger charge is -2.44. The lowest BCUT2D eigenvalue weighted by molar-refractivity contribution is -0.138. The Morgan fingerprint density at radius 3 is 1.76 bits per heavy atom. The van der Waals surface area contributed by atoms with Gasteiger partial charge < -0.3 is 18.7 Å². The van der Waals surface area contributed by atoms with Crippen molar-refractivity contribution in [2.45, 2.75) is 64.1 Å². The van der Waals surface area contributed by atoms with Crippen LogP contribution in [0, 0.1) is 0 Å². The predicted octanol–water partition coefficient (Wildman–Crippen LogP) is 4.01. The van der Waals surface area contributed by atoms with E-state index >= 15 is 4.11 Å². The fourth-order valence-electron chi connectivity index (χ4n) is 2.57. The summed E-state index contributed by atoms with van der Waals surface area (Å²) in [6.07, 6.45) is -0.00540. The van der Waals surface area contributed by atoms with Gasteiger partial charge in [0, 0.05) is 6.61 Å². The van der Waals surface area contributed by atoms with Crippen LogP contribution in [0.1, 0.15) is 48.0 Å². The van der Waals surface area contributed by atoms with Crippen molar-refractivity contribution >= 4 is 14.4 Å². The lowest BCUT2D eigenvalue weighted by atomic mass is 10.2. The number of carboxylic acid groups (broad SMARTS) is 1. The molecular weight excluding hydrogens is 291 g/mol. The predicted molar refractivity (Wildman–Crippen MR) is 85.0 cm³/mol. The average Bonchev–Trinajstić information content (AvgIpc) is 2.28. The monoisotopic (exact) mass is 322 g/mol. The zero-order valence-electron chi connectivity index (χ0n) is 14.3. The summed E-state index contributed by atoms with van der Waals surface area (Å²) in [6, 6.07) is 0.467. The van der Waals surface area contributed by atoms with Crippen molar-refractivity contribution in [2.24, 2.45) is 0 Å². The fourth-order valence-corrected chi connectivity index (χ4v) is 6.74. The van der Waals surface area contributed by atoms with Crippen LogP contribution in [0.25, 0.3) is 0 Å². The molecule has 0 spiro atoms. The largest absolute Gasteiger partial charge is 0.481 e. The molecule has 0 fully saturated rings. The number of halogens is 1. The molecule has 0 heterocycles.